The van der Waals surface area contributed by atoms with Gasteiger partial charge in [-0.1, -0.05) is 35.9 Å². The quantitative estimate of drug-likeness (QED) is 0.528. The molecule has 6 nitrogen and oxygen atoms in total. The van der Waals surface area contributed by atoms with Crippen LogP contribution in [0, 0.1) is 0 Å². The maximum atomic E-state index is 12.6. The molecule has 0 aromatic heterocycles. The summed E-state index contributed by atoms with van der Waals surface area (Å²) in [5.74, 6) is -0.0502. The Hall–Kier alpha value is -3.51. The first kappa shape index (κ1) is 21.2. The van der Waals surface area contributed by atoms with Gasteiger partial charge in [-0.05, 0) is 54.4 Å². The van der Waals surface area contributed by atoms with E-state index in [1.54, 1.807) is 31.4 Å². The first-order chi connectivity index (χ1) is 14.5. The maximum Gasteiger partial charge on any atom is 0.255 e. The zero-order chi connectivity index (χ0) is 21.5. The van der Waals surface area contributed by atoms with Gasteiger partial charge in [-0.3, -0.25) is 9.59 Å². The number of halogens is 1. The summed E-state index contributed by atoms with van der Waals surface area (Å²) in [5.41, 5.74) is 2.08. The normalized spacial score (nSPS) is 10.3. The van der Waals surface area contributed by atoms with Gasteiger partial charge in [-0.25, -0.2) is 0 Å². The van der Waals surface area contributed by atoms with Gasteiger partial charge in [0, 0.05) is 12.1 Å². The largest absolute Gasteiger partial charge is 0.506 e. The molecule has 0 radical (unpaired) electrons. The second-order valence-corrected chi connectivity index (χ2v) is 6.93. The highest BCUT2D eigenvalue weighted by molar-refractivity contribution is 6.32. The standard InChI is InChI=1S/C23H21ClN2O4/c1-30-17-9-6-15(7-10-17)12-13-25-23(29)18-4-2-3-5-20(18)26-22(28)16-8-11-21(27)19(24)14-16/h2-11,14,27H,12-13H2,1H3,(H,25,29)(H,26,28). The molecule has 0 fully saturated rings. The number of amides is 2. The van der Waals surface area contributed by atoms with Crippen LogP contribution in [0.3, 0.4) is 0 Å². The van der Waals surface area contributed by atoms with Gasteiger partial charge >= 0.3 is 0 Å². The number of hydrogen-bond acceptors (Lipinski definition) is 4. The molecule has 0 spiro atoms. The summed E-state index contributed by atoms with van der Waals surface area (Å²) in [4.78, 5) is 25.1. The molecule has 154 valence electrons. The molecule has 0 saturated carbocycles. The fourth-order valence-corrected chi connectivity index (χ4v) is 3.02. The highest BCUT2D eigenvalue weighted by Gasteiger charge is 2.14. The van der Waals surface area contributed by atoms with Crippen LogP contribution in [0.25, 0.3) is 0 Å². The van der Waals surface area contributed by atoms with Crippen LogP contribution in [-0.4, -0.2) is 30.6 Å². The van der Waals surface area contributed by atoms with Crippen LogP contribution < -0.4 is 15.4 Å². The summed E-state index contributed by atoms with van der Waals surface area (Å²) in [6.07, 6.45) is 0.663. The molecule has 3 rings (SSSR count). The molecule has 0 atom stereocenters. The van der Waals surface area contributed by atoms with Crippen molar-refractivity contribution >= 4 is 29.1 Å². The van der Waals surface area contributed by atoms with Crippen LogP contribution in [0.5, 0.6) is 11.5 Å². The van der Waals surface area contributed by atoms with Crippen LogP contribution in [0.4, 0.5) is 5.69 Å². The number of aromatic hydroxyl groups is 1. The number of rotatable bonds is 7. The third-order valence-electron chi connectivity index (χ3n) is 4.49. The molecule has 0 saturated heterocycles. The number of ether oxygens (including phenoxy) is 1. The number of benzene rings is 3. The predicted octanol–water partition coefficient (Wildman–Crippen LogP) is 4.28. The van der Waals surface area contributed by atoms with Gasteiger partial charge in [0.1, 0.15) is 11.5 Å². The van der Waals surface area contributed by atoms with Crippen LogP contribution >= 0.6 is 11.6 Å². The van der Waals surface area contributed by atoms with Crippen molar-refractivity contribution in [3.8, 4) is 11.5 Å². The average molecular weight is 425 g/mol. The summed E-state index contributed by atoms with van der Waals surface area (Å²) < 4.78 is 5.13. The first-order valence-electron chi connectivity index (χ1n) is 9.28. The fraction of sp³-hybridized carbons (Fsp3) is 0.130. The summed E-state index contributed by atoms with van der Waals surface area (Å²) in [7, 11) is 1.61. The number of nitrogens with one attached hydrogen (secondary N) is 2. The molecule has 0 unspecified atom stereocenters. The Morgan fingerprint density at radius 2 is 1.73 bits per heavy atom. The van der Waals surface area contributed by atoms with Gasteiger partial charge in [-0.2, -0.15) is 0 Å². The number of hydrogen-bond donors (Lipinski definition) is 3. The van der Waals surface area contributed by atoms with E-state index in [1.165, 1.54) is 18.2 Å². The van der Waals surface area contributed by atoms with Gasteiger partial charge < -0.3 is 20.5 Å². The van der Waals surface area contributed by atoms with E-state index in [2.05, 4.69) is 10.6 Å². The Morgan fingerprint density at radius 3 is 2.43 bits per heavy atom. The summed E-state index contributed by atoms with van der Waals surface area (Å²) in [6, 6.07) is 18.5. The minimum absolute atomic E-state index is 0.0761. The van der Waals surface area contributed by atoms with Crippen LogP contribution in [-0.2, 0) is 6.42 Å². The highest BCUT2D eigenvalue weighted by atomic mass is 35.5. The molecular weight excluding hydrogens is 404 g/mol. The lowest BCUT2D eigenvalue weighted by Crippen LogP contribution is -2.27. The number of para-hydroxylation sites is 1. The van der Waals surface area contributed by atoms with E-state index in [0.717, 1.165) is 11.3 Å². The molecule has 0 bridgehead atoms. The van der Waals surface area contributed by atoms with Gasteiger partial charge in [0.15, 0.2) is 0 Å². The molecule has 0 aliphatic rings. The molecule has 0 aliphatic carbocycles. The van der Waals surface area contributed by atoms with E-state index in [1.807, 2.05) is 24.3 Å². The fourth-order valence-electron chi connectivity index (χ4n) is 2.84. The van der Waals surface area contributed by atoms with Crippen LogP contribution in [0.2, 0.25) is 5.02 Å². The summed E-state index contributed by atoms with van der Waals surface area (Å²) in [6.45, 7) is 0.445. The average Bonchev–Trinajstić information content (AvgIpc) is 2.76. The van der Waals surface area contributed by atoms with Crippen molar-refractivity contribution in [1.82, 2.24) is 5.32 Å². The summed E-state index contributed by atoms with van der Waals surface area (Å²) in [5, 5.41) is 15.2. The minimum Gasteiger partial charge on any atom is -0.506 e. The first-order valence-corrected chi connectivity index (χ1v) is 9.66. The van der Waals surface area contributed by atoms with Crippen molar-refractivity contribution in [2.24, 2.45) is 0 Å². The van der Waals surface area contributed by atoms with Gasteiger partial charge in [0.05, 0.1) is 23.4 Å². The number of phenolic OH excluding ortho intramolecular Hbond substituents is 1. The topological polar surface area (TPSA) is 87.7 Å². The lowest BCUT2D eigenvalue weighted by Gasteiger charge is -2.12. The Kier molecular flexibility index (Phi) is 6.93. The van der Waals surface area contributed by atoms with Crippen molar-refractivity contribution in [1.29, 1.82) is 0 Å². The molecule has 30 heavy (non-hydrogen) atoms. The van der Waals surface area contributed by atoms with E-state index >= 15 is 0 Å². The van der Waals surface area contributed by atoms with Crippen molar-refractivity contribution in [2.75, 3.05) is 19.0 Å². The lowest BCUT2D eigenvalue weighted by atomic mass is 10.1. The van der Waals surface area contributed by atoms with Crippen molar-refractivity contribution in [3.05, 3.63) is 88.4 Å². The zero-order valence-corrected chi connectivity index (χ0v) is 17.1. The van der Waals surface area contributed by atoms with Crippen LogP contribution in [0.1, 0.15) is 26.3 Å². The zero-order valence-electron chi connectivity index (χ0n) is 16.3. The Morgan fingerprint density at radius 1 is 1.00 bits per heavy atom. The number of carbonyl (C=O) groups excluding carboxylic acids is 2. The third-order valence-corrected chi connectivity index (χ3v) is 4.79. The van der Waals surface area contributed by atoms with Gasteiger partial charge in [0.25, 0.3) is 11.8 Å². The highest BCUT2D eigenvalue weighted by Crippen LogP contribution is 2.24. The van der Waals surface area contributed by atoms with Gasteiger partial charge in [0.2, 0.25) is 0 Å². The number of phenols is 1. The SMILES string of the molecule is COc1ccc(CCNC(=O)c2ccccc2NC(=O)c2ccc(O)c(Cl)c2)cc1. The minimum atomic E-state index is -0.435. The molecule has 3 aromatic carbocycles. The summed E-state index contributed by atoms with van der Waals surface area (Å²) >= 11 is 5.87. The molecule has 3 aromatic rings. The molecular formula is C23H21ClN2O4. The Bertz CT molecular complexity index is 1050. The predicted molar refractivity (Wildman–Crippen MR) is 117 cm³/mol. The molecule has 3 N–H and O–H groups in total. The molecule has 0 aliphatic heterocycles. The Balaban J connectivity index is 1.63. The van der Waals surface area contributed by atoms with E-state index < -0.39 is 5.91 Å². The monoisotopic (exact) mass is 424 g/mol. The number of anilines is 1. The number of carbonyl (C=O) groups is 2. The third kappa shape index (κ3) is 5.30. The molecule has 2 amide bonds. The second-order valence-electron chi connectivity index (χ2n) is 6.52. The molecule has 7 heteroatoms. The Labute approximate surface area is 179 Å². The smallest absolute Gasteiger partial charge is 0.255 e. The second kappa shape index (κ2) is 9.80. The van der Waals surface area contributed by atoms with E-state index in [9.17, 15) is 14.7 Å². The van der Waals surface area contributed by atoms with Crippen molar-refractivity contribution < 1.29 is 19.4 Å². The van der Waals surface area contributed by atoms with E-state index in [4.69, 9.17) is 16.3 Å². The van der Waals surface area contributed by atoms with E-state index in [0.29, 0.717) is 24.2 Å². The number of methoxy groups -OCH3 is 1. The lowest BCUT2D eigenvalue weighted by molar-refractivity contribution is 0.0955. The van der Waals surface area contributed by atoms with E-state index in [-0.39, 0.29) is 22.2 Å². The molecule has 0 heterocycles. The van der Waals surface area contributed by atoms with Crippen molar-refractivity contribution in [3.63, 3.8) is 0 Å². The maximum absolute atomic E-state index is 12.6. The van der Waals surface area contributed by atoms with Crippen molar-refractivity contribution in [2.45, 2.75) is 6.42 Å². The van der Waals surface area contributed by atoms with Gasteiger partial charge in [-0.15, -0.1) is 0 Å². The van der Waals surface area contributed by atoms with Crippen LogP contribution in [0.15, 0.2) is 66.7 Å².